The van der Waals surface area contributed by atoms with Crippen LogP contribution in [-0.2, 0) is 21.3 Å². The molecule has 2 aliphatic rings. The Balaban J connectivity index is 0.00000185. The SMILES string of the molecule is C=Cc1ccc2c(c1)-c1cc(C=C)ccc1[CH]2[Zr+2]([C]1=CC=CC1)=[C](c1cccc(Cl)c1)c1cccc(Cl)c1.[Cl-].[Cl-]. The first-order valence-corrected chi connectivity index (χ1v) is 17.4. The Morgan fingerprint density at radius 3 is 1.68 bits per heavy atom. The molecule has 0 N–H and O–H groups in total. The fourth-order valence-corrected chi connectivity index (χ4v) is 15.1. The standard InChI is InChI=1S/C17H13.C13H8Cl2.C5H5.2ClH.Zr/c1-3-12-5-7-14-11-15-8-6-13(4-2)10-17(15)16(14)9-12;14-12-5-1-3-10(8-12)7-11-4-2-6-13(15)9-11;1-2-4-5-3-1;;;/h3-11H,1-2H2;1-6,8-9H;1-3H,4H2;2*1H;/q;;;;;+2/p-2. The fraction of sp³-hybridized carbons (Fsp3) is 0.0571. The quantitative estimate of drug-likeness (QED) is 0.289. The second-order valence-corrected chi connectivity index (χ2v) is 16.8. The van der Waals surface area contributed by atoms with Gasteiger partial charge in [0.1, 0.15) is 0 Å². The molecular formula is C35H26Cl4Zr. The summed E-state index contributed by atoms with van der Waals surface area (Å²) in [7, 11) is 0. The van der Waals surface area contributed by atoms with Gasteiger partial charge in [-0.2, -0.15) is 0 Å². The van der Waals surface area contributed by atoms with E-state index in [1.54, 1.807) is 3.28 Å². The normalized spacial score (nSPS) is 12.7. The maximum absolute atomic E-state index is 6.60. The largest absolute Gasteiger partial charge is 1.00 e. The molecule has 0 radical (unpaired) electrons. The Hall–Kier alpha value is -2.25. The van der Waals surface area contributed by atoms with Crippen molar-refractivity contribution in [2.45, 2.75) is 10.0 Å². The molecule has 2 aliphatic carbocycles. The molecule has 0 saturated carbocycles. The van der Waals surface area contributed by atoms with Crippen LogP contribution < -0.4 is 24.8 Å². The number of benzene rings is 4. The van der Waals surface area contributed by atoms with Crippen LogP contribution in [0.5, 0.6) is 0 Å². The van der Waals surface area contributed by atoms with E-state index >= 15 is 0 Å². The van der Waals surface area contributed by atoms with Crippen molar-refractivity contribution in [2.24, 2.45) is 0 Å². The molecule has 40 heavy (non-hydrogen) atoms. The molecule has 0 aromatic heterocycles. The third kappa shape index (κ3) is 5.74. The molecule has 0 amide bonds. The van der Waals surface area contributed by atoms with Crippen molar-refractivity contribution in [1.82, 2.24) is 0 Å². The monoisotopic (exact) mass is 676 g/mol. The molecule has 0 fully saturated rings. The van der Waals surface area contributed by atoms with Crippen LogP contribution in [0.25, 0.3) is 23.3 Å². The molecule has 0 aliphatic heterocycles. The second kappa shape index (κ2) is 13.2. The van der Waals surface area contributed by atoms with E-state index in [0.717, 1.165) is 27.6 Å². The summed E-state index contributed by atoms with van der Waals surface area (Å²) in [4.78, 5) is 0. The molecule has 4 aromatic rings. The van der Waals surface area contributed by atoms with Crippen LogP contribution in [0.1, 0.15) is 43.4 Å². The van der Waals surface area contributed by atoms with Crippen molar-refractivity contribution >= 4 is 38.6 Å². The molecule has 0 bridgehead atoms. The van der Waals surface area contributed by atoms with Gasteiger partial charge in [0.25, 0.3) is 0 Å². The number of hydrogen-bond acceptors (Lipinski definition) is 0. The number of fused-ring (bicyclic) bond motifs is 3. The fourth-order valence-electron chi connectivity index (χ4n) is 5.75. The van der Waals surface area contributed by atoms with Gasteiger partial charge >= 0.3 is 244 Å². The summed E-state index contributed by atoms with van der Waals surface area (Å²) in [5.41, 5.74) is 10.1. The van der Waals surface area contributed by atoms with Gasteiger partial charge < -0.3 is 24.8 Å². The molecule has 0 unspecified atom stereocenters. The summed E-state index contributed by atoms with van der Waals surface area (Å²) in [5, 5.41) is 1.50. The Morgan fingerprint density at radius 1 is 0.725 bits per heavy atom. The van der Waals surface area contributed by atoms with Crippen LogP contribution in [0.2, 0.25) is 10.0 Å². The molecule has 0 heterocycles. The van der Waals surface area contributed by atoms with Crippen LogP contribution >= 0.6 is 23.2 Å². The third-order valence-corrected chi connectivity index (χ3v) is 16.2. The van der Waals surface area contributed by atoms with Gasteiger partial charge in [-0.25, -0.2) is 0 Å². The van der Waals surface area contributed by atoms with Gasteiger partial charge in [0, 0.05) is 0 Å². The van der Waals surface area contributed by atoms with Crippen molar-refractivity contribution in [3.05, 3.63) is 163 Å². The zero-order valence-corrected chi connectivity index (χ0v) is 27.2. The van der Waals surface area contributed by atoms with Gasteiger partial charge in [0.15, 0.2) is 0 Å². The molecule has 198 valence electrons. The van der Waals surface area contributed by atoms with Crippen LogP contribution in [0.15, 0.2) is 120 Å². The average molecular weight is 680 g/mol. The van der Waals surface area contributed by atoms with E-state index in [4.69, 9.17) is 23.2 Å². The summed E-state index contributed by atoms with van der Waals surface area (Å²) >= 11 is 10.4. The van der Waals surface area contributed by atoms with Crippen molar-refractivity contribution in [3.63, 3.8) is 0 Å². The van der Waals surface area contributed by atoms with E-state index in [1.807, 2.05) is 24.3 Å². The van der Waals surface area contributed by atoms with Gasteiger partial charge in [-0.3, -0.25) is 0 Å². The minimum absolute atomic E-state index is 0. The Labute approximate surface area is 266 Å². The van der Waals surface area contributed by atoms with Crippen LogP contribution in [-0.4, -0.2) is 3.21 Å². The first kappa shape index (κ1) is 30.7. The molecular weight excluding hydrogens is 653 g/mol. The molecule has 0 nitrogen and oxygen atoms in total. The number of rotatable bonds is 6. The summed E-state index contributed by atoms with van der Waals surface area (Å²) in [6.07, 6.45) is 11.8. The summed E-state index contributed by atoms with van der Waals surface area (Å²) in [5.74, 6) is 0. The smallest absolute Gasteiger partial charge is 1.00 e. The van der Waals surface area contributed by atoms with Gasteiger partial charge in [-0.15, -0.1) is 0 Å². The van der Waals surface area contributed by atoms with Crippen molar-refractivity contribution in [3.8, 4) is 11.1 Å². The van der Waals surface area contributed by atoms with Crippen LogP contribution in [0.3, 0.4) is 0 Å². The Morgan fingerprint density at radius 2 is 1.25 bits per heavy atom. The van der Waals surface area contributed by atoms with Gasteiger partial charge in [0.05, 0.1) is 0 Å². The van der Waals surface area contributed by atoms with E-state index < -0.39 is 21.3 Å². The van der Waals surface area contributed by atoms with Crippen molar-refractivity contribution in [1.29, 1.82) is 0 Å². The van der Waals surface area contributed by atoms with Gasteiger partial charge in [-0.05, 0) is 0 Å². The third-order valence-electron chi connectivity index (χ3n) is 7.44. The molecule has 6 rings (SSSR count). The van der Waals surface area contributed by atoms with E-state index in [2.05, 4.69) is 104 Å². The van der Waals surface area contributed by atoms with Gasteiger partial charge in [-0.1, -0.05) is 0 Å². The maximum Gasteiger partial charge on any atom is -1.00 e. The minimum Gasteiger partial charge on any atom is -1.00 e. The first-order valence-electron chi connectivity index (χ1n) is 12.7. The summed E-state index contributed by atoms with van der Waals surface area (Å²) < 4.78 is 3.32. The van der Waals surface area contributed by atoms with E-state index in [9.17, 15) is 0 Å². The Bertz CT molecular complexity index is 1610. The van der Waals surface area contributed by atoms with Crippen LogP contribution in [0.4, 0.5) is 0 Å². The topological polar surface area (TPSA) is 0 Å². The number of allylic oxidation sites excluding steroid dienone is 4. The number of halogens is 4. The van der Waals surface area contributed by atoms with E-state index in [0.29, 0.717) is 3.63 Å². The zero-order chi connectivity index (χ0) is 26.2. The summed E-state index contributed by atoms with van der Waals surface area (Å²) in [6, 6.07) is 30.4. The predicted molar refractivity (Wildman–Crippen MR) is 162 cm³/mol. The molecule has 5 heteroatoms. The molecule has 0 spiro atoms. The van der Waals surface area contributed by atoms with Gasteiger partial charge in [0.2, 0.25) is 0 Å². The minimum atomic E-state index is -2.76. The first-order chi connectivity index (χ1) is 18.6. The molecule has 4 aromatic carbocycles. The summed E-state index contributed by atoms with van der Waals surface area (Å²) in [6.45, 7) is 8.07. The van der Waals surface area contributed by atoms with Crippen LogP contribution in [0, 0.1) is 0 Å². The molecule has 0 saturated heterocycles. The second-order valence-electron chi connectivity index (χ2n) is 9.67. The van der Waals surface area contributed by atoms with Crippen molar-refractivity contribution in [2.75, 3.05) is 0 Å². The molecule has 0 atom stereocenters. The Kier molecular flexibility index (Phi) is 10.1. The maximum atomic E-state index is 6.60. The van der Waals surface area contributed by atoms with E-state index in [1.165, 1.54) is 36.6 Å². The zero-order valence-electron chi connectivity index (χ0n) is 21.7. The van der Waals surface area contributed by atoms with E-state index in [-0.39, 0.29) is 24.8 Å². The average Bonchev–Trinajstić information content (AvgIpc) is 3.58. The predicted octanol–water partition coefficient (Wildman–Crippen LogP) is 4.09. The van der Waals surface area contributed by atoms with Crippen molar-refractivity contribution < 1.29 is 46.1 Å². The number of hydrogen-bond donors (Lipinski definition) is 0.